The third-order valence-electron chi connectivity index (χ3n) is 5.13. The van der Waals surface area contributed by atoms with Gasteiger partial charge in [-0.15, -0.1) is 5.10 Å². The summed E-state index contributed by atoms with van der Waals surface area (Å²) in [4.78, 5) is 22.9. The summed E-state index contributed by atoms with van der Waals surface area (Å²) in [5.74, 6) is -3.49. The zero-order valence-corrected chi connectivity index (χ0v) is 17.8. The summed E-state index contributed by atoms with van der Waals surface area (Å²) in [6.07, 6.45) is 0. The number of H-pyrrole nitrogens is 1. The van der Waals surface area contributed by atoms with E-state index in [-0.39, 0.29) is 21.9 Å². The van der Waals surface area contributed by atoms with Gasteiger partial charge in [-0.05, 0) is 48.7 Å². The van der Waals surface area contributed by atoms with Gasteiger partial charge >= 0.3 is 5.76 Å². The molecule has 31 heavy (non-hydrogen) atoms. The molecule has 0 unspecified atom stereocenters. The fraction of sp³-hybridized carbons (Fsp3) is 0.250. The molecule has 11 heteroatoms. The van der Waals surface area contributed by atoms with E-state index in [0.717, 1.165) is 5.56 Å². The van der Waals surface area contributed by atoms with E-state index in [1.165, 1.54) is 30.3 Å². The largest absolute Gasteiger partial charge is 0.434 e. The number of rotatable bonds is 7. The molecule has 2 atom stereocenters. The molecule has 9 nitrogen and oxygen atoms in total. The number of nitrogens with zero attached hydrogens (tertiary/aromatic N) is 1. The topological polar surface area (TPSA) is 148 Å². The first-order chi connectivity index (χ1) is 14.5. The summed E-state index contributed by atoms with van der Waals surface area (Å²) >= 11 is 0. The minimum absolute atomic E-state index is 0.220. The summed E-state index contributed by atoms with van der Waals surface area (Å²) in [7, 11) is -4.35. The van der Waals surface area contributed by atoms with Crippen LogP contribution in [0.4, 0.5) is 4.39 Å². The van der Waals surface area contributed by atoms with Crippen LogP contribution >= 0.6 is 0 Å². The molecule has 4 N–H and O–H groups in total. The first-order valence-corrected chi connectivity index (χ1v) is 10.7. The van der Waals surface area contributed by atoms with Gasteiger partial charge in [0.1, 0.15) is 11.9 Å². The molecule has 0 fully saturated rings. The number of nitrogens with two attached hydrogens (primary N) is 1. The van der Waals surface area contributed by atoms with E-state index in [1.54, 1.807) is 26.8 Å². The van der Waals surface area contributed by atoms with Gasteiger partial charge in [0.25, 0.3) is 0 Å². The van der Waals surface area contributed by atoms with E-state index in [9.17, 15) is 22.4 Å². The molecule has 1 amide bonds. The zero-order chi connectivity index (χ0) is 22.9. The van der Waals surface area contributed by atoms with E-state index in [4.69, 9.17) is 10.2 Å². The van der Waals surface area contributed by atoms with E-state index in [2.05, 4.69) is 14.9 Å². The lowest BCUT2D eigenvalue weighted by Crippen LogP contribution is -2.34. The molecule has 0 aliphatic heterocycles. The van der Waals surface area contributed by atoms with Crippen molar-refractivity contribution < 1.29 is 22.0 Å². The van der Waals surface area contributed by atoms with Crippen LogP contribution in [-0.4, -0.2) is 24.5 Å². The van der Waals surface area contributed by atoms with Crippen molar-refractivity contribution in [2.75, 3.05) is 0 Å². The highest BCUT2D eigenvalue weighted by Crippen LogP contribution is 2.35. The first kappa shape index (κ1) is 22.4. The van der Waals surface area contributed by atoms with Crippen LogP contribution in [0.5, 0.6) is 0 Å². The van der Waals surface area contributed by atoms with Crippen LogP contribution in [-0.2, 0) is 10.0 Å². The number of hydrogen-bond acceptors (Lipinski definition) is 6. The Hall–Kier alpha value is -3.31. The van der Waals surface area contributed by atoms with E-state index in [1.807, 2.05) is 0 Å². The predicted octanol–water partition coefficient (Wildman–Crippen LogP) is 2.04. The number of aromatic amines is 1. The lowest BCUT2D eigenvalue weighted by atomic mass is 9.88. The van der Waals surface area contributed by atoms with Gasteiger partial charge in [0.15, 0.2) is 0 Å². The zero-order valence-electron chi connectivity index (χ0n) is 17.0. The second-order valence-electron chi connectivity index (χ2n) is 7.10. The SMILES string of the molecule is Cc1ccc(F)c([C@@H](C)[C@H](NS(=O)(=O)c2ccccc2C(N)=O)c2n[nH]c(=O)o2)c1C. The monoisotopic (exact) mass is 448 g/mol. The van der Waals surface area contributed by atoms with Gasteiger partial charge < -0.3 is 10.2 Å². The van der Waals surface area contributed by atoms with Crippen LogP contribution in [0.1, 0.15) is 51.8 Å². The average Bonchev–Trinajstić information content (AvgIpc) is 3.15. The maximum absolute atomic E-state index is 14.7. The molecule has 0 saturated carbocycles. The number of carbonyl (C=O) groups excluding carboxylic acids is 1. The van der Waals surface area contributed by atoms with E-state index < -0.39 is 39.5 Å². The number of primary amides is 1. The Labute approximate surface area is 177 Å². The highest BCUT2D eigenvalue weighted by Gasteiger charge is 2.34. The van der Waals surface area contributed by atoms with Gasteiger partial charge in [-0.3, -0.25) is 4.79 Å². The molecular weight excluding hydrogens is 427 g/mol. The van der Waals surface area contributed by atoms with Crippen molar-refractivity contribution in [3.05, 3.63) is 80.9 Å². The molecule has 0 spiro atoms. The van der Waals surface area contributed by atoms with Crippen LogP contribution in [0, 0.1) is 19.7 Å². The number of hydrogen-bond donors (Lipinski definition) is 3. The fourth-order valence-electron chi connectivity index (χ4n) is 3.41. The van der Waals surface area contributed by atoms with Crippen LogP contribution in [0.2, 0.25) is 0 Å². The van der Waals surface area contributed by atoms with Gasteiger partial charge in [0, 0.05) is 5.92 Å². The summed E-state index contributed by atoms with van der Waals surface area (Å²) in [5, 5.41) is 5.81. The maximum Gasteiger partial charge on any atom is 0.434 e. The molecule has 0 radical (unpaired) electrons. The predicted molar refractivity (Wildman–Crippen MR) is 109 cm³/mol. The van der Waals surface area contributed by atoms with Crippen molar-refractivity contribution >= 4 is 15.9 Å². The fourth-order valence-corrected chi connectivity index (χ4v) is 4.89. The van der Waals surface area contributed by atoms with Crippen LogP contribution in [0.3, 0.4) is 0 Å². The standard InChI is InChI=1S/C20H21FN4O5S/c1-10-8-9-14(21)16(11(10)2)12(3)17(19-23-24-20(27)30-19)25-31(28,29)15-7-5-4-6-13(15)18(22)26/h4-9,12,17,25H,1-3H3,(H2,22,26)(H,24,27)/t12-,17+/m1/s1. The lowest BCUT2D eigenvalue weighted by molar-refractivity contribution is 0.0997. The Kier molecular flexibility index (Phi) is 6.09. The minimum Gasteiger partial charge on any atom is -0.391 e. The average molecular weight is 448 g/mol. The van der Waals surface area contributed by atoms with Gasteiger partial charge in [-0.25, -0.2) is 22.7 Å². The number of aromatic nitrogens is 2. The molecule has 1 aromatic heterocycles. The Morgan fingerprint density at radius 2 is 1.90 bits per heavy atom. The van der Waals surface area contributed by atoms with Crippen molar-refractivity contribution in [3.8, 4) is 0 Å². The number of aryl methyl sites for hydroxylation is 1. The normalized spacial score (nSPS) is 13.7. The molecule has 0 aliphatic rings. The summed E-state index contributed by atoms with van der Waals surface area (Å²) in [5.41, 5.74) is 6.74. The van der Waals surface area contributed by atoms with Gasteiger partial charge in [-0.1, -0.05) is 25.1 Å². The number of sulfonamides is 1. The number of amides is 1. The molecular formula is C20H21FN4O5S. The maximum atomic E-state index is 14.7. The Bertz CT molecular complexity index is 1300. The summed E-state index contributed by atoms with van der Waals surface area (Å²) in [6, 6.07) is 7.01. The highest BCUT2D eigenvalue weighted by atomic mass is 32.2. The highest BCUT2D eigenvalue weighted by molar-refractivity contribution is 7.89. The molecule has 2 aromatic carbocycles. The molecule has 3 aromatic rings. The van der Waals surface area contributed by atoms with Crippen molar-refractivity contribution in [1.29, 1.82) is 0 Å². The number of benzene rings is 2. The van der Waals surface area contributed by atoms with Gasteiger partial charge in [0.05, 0.1) is 10.5 Å². The molecule has 1 heterocycles. The van der Waals surface area contributed by atoms with Gasteiger partial charge in [-0.2, -0.15) is 4.72 Å². The second kappa shape index (κ2) is 8.44. The van der Waals surface area contributed by atoms with Crippen LogP contribution in [0.15, 0.2) is 50.5 Å². The molecule has 3 rings (SSSR count). The Morgan fingerprint density at radius 1 is 1.23 bits per heavy atom. The third-order valence-corrected chi connectivity index (χ3v) is 6.63. The van der Waals surface area contributed by atoms with Crippen LogP contribution in [0.25, 0.3) is 0 Å². The number of nitrogens with one attached hydrogen (secondary N) is 2. The van der Waals surface area contributed by atoms with Crippen molar-refractivity contribution in [2.45, 2.75) is 37.6 Å². The van der Waals surface area contributed by atoms with Crippen molar-refractivity contribution in [2.24, 2.45) is 5.73 Å². The summed E-state index contributed by atoms with van der Waals surface area (Å²) in [6.45, 7) is 5.08. The second-order valence-corrected chi connectivity index (χ2v) is 8.78. The quantitative estimate of drug-likeness (QED) is 0.504. The molecule has 164 valence electrons. The van der Waals surface area contributed by atoms with E-state index in [0.29, 0.717) is 5.56 Å². The third kappa shape index (κ3) is 4.42. The van der Waals surface area contributed by atoms with E-state index >= 15 is 0 Å². The number of carbonyl (C=O) groups is 1. The molecule has 0 aliphatic carbocycles. The summed E-state index contributed by atoms with van der Waals surface area (Å²) < 4.78 is 48.4. The molecule has 0 bridgehead atoms. The lowest BCUT2D eigenvalue weighted by Gasteiger charge is -2.25. The van der Waals surface area contributed by atoms with Crippen molar-refractivity contribution in [1.82, 2.24) is 14.9 Å². The molecule has 0 saturated heterocycles. The van der Waals surface area contributed by atoms with Crippen molar-refractivity contribution in [3.63, 3.8) is 0 Å². The first-order valence-electron chi connectivity index (χ1n) is 9.25. The Balaban J connectivity index is 2.13. The minimum atomic E-state index is -4.35. The smallest absolute Gasteiger partial charge is 0.391 e. The van der Waals surface area contributed by atoms with Crippen LogP contribution < -0.4 is 16.2 Å². The van der Waals surface area contributed by atoms with Gasteiger partial charge in [0.2, 0.25) is 21.8 Å². The number of halogens is 1. The Morgan fingerprint density at radius 3 is 2.52 bits per heavy atom.